The Kier molecular flexibility index (Phi) is 5.45. The van der Waals surface area contributed by atoms with Crippen LogP contribution in [0.4, 0.5) is 0 Å². The molecule has 1 spiro atoms. The fraction of sp³-hybridized carbons (Fsp3) is 0.520. The fourth-order valence-corrected chi connectivity index (χ4v) is 5.60. The highest BCUT2D eigenvalue weighted by Gasteiger charge is 2.40. The number of pyridine rings is 1. The standard InChI is InChI=1S/C25H28BrNO4/c1-2-30-24(29)19-14-27-21(12-22(19)28)18-11-20(26)23(31-15-16-6-7-16)10-17(18)13-25(27)8-4-3-5-9-25/h10-12,14,16H,2-9,13,15H2,1H3. The summed E-state index contributed by atoms with van der Waals surface area (Å²) >= 11 is 3.68. The van der Waals surface area contributed by atoms with Gasteiger partial charge in [0.25, 0.3) is 0 Å². The first-order valence-corrected chi connectivity index (χ1v) is 12.2. The van der Waals surface area contributed by atoms with E-state index in [9.17, 15) is 9.59 Å². The first-order chi connectivity index (χ1) is 15.0. The average molecular weight is 486 g/mol. The van der Waals surface area contributed by atoms with E-state index in [1.165, 1.54) is 24.8 Å². The van der Waals surface area contributed by atoms with Crippen molar-refractivity contribution in [2.45, 2.75) is 63.8 Å². The molecule has 2 aliphatic carbocycles. The molecule has 0 N–H and O–H groups in total. The summed E-state index contributed by atoms with van der Waals surface area (Å²) in [5, 5.41) is 0. The summed E-state index contributed by atoms with van der Waals surface area (Å²) in [6.45, 7) is 2.78. The number of esters is 1. The minimum atomic E-state index is -0.537. The largest absolute Gasteiger partial charge is 0.492 e. The number of aromatic nitrogens is 1. The van der Waals surface area contributed by atoms with Crippen molar-refractivity contribution in [1.29, 1.82) is 0 Å². The van der Waals surface area contributed by atoms with E-state index in [2.05, 4.69) is 32.6 Å². The Morgan fingerprint density at radius 2 is 1.97 bits per heavy atom. The van der Waals surface area contributed by atoms with Gasteiger partial charge in [0, 0.05) is 23.4 Å². The molecule has 2 aromatic rings. The van der Waals surface area contributed by atoms with Gasteiger partial charge >= 0.3 is 5.97 Å². The molecular formula is C25H28BrNO4. The van der Waals surface area contributed by atoms with Gasteiger partial charge < -0.3 is 14.0 Å². The van der Waals surface area contributed by atoms with Crippen molar-refractivity contribution >= 4 is 21.9 Å². The van der Waals surface area contributed by atoms with Crippen LogP contribution >= 0.6 is 15.9 Å². The number of carbonyl (C=O) groups excluding carboxylic acids is 1. The molecule has 1 aromatic carbocycles. The number of benzene rings is 1. The number of nitrogens with zero attached hydrogens (tertiary/aromatic N) is 1. The number of ether oxygens (including phenoxy) is 2. The Labute approximate surface area is 190 Å². The van der Waals surface area contributed by atoms with Gasteiger partial charge in [-0.1, -0.05) is 19.3 Å². The topological polar surface area (TPSA) is 57.5 Å². The van der Waals surface area contributed by atoms with Crippen LogP contribution in [-0.4, -0.2) is 23.8 Å². The molecule has 164 valence electrons. The highest BCUT2D eigenvalue weighted by atomic mass is 79.9. The molecule has 1 aromatic heterocycles. The lowest BCUT2D eigenvalue weighted by Gasteiger charge is -2.45. The predicted molar refractivity (Wildman–Crippen MR) is 123 cm³/mol. The summed E-state index contributed by atoms with van der Waals surface area (Å²) in [5.74, 6) is 1.04. The second kappa shape index (κ2) is 8.12. The zero-order chi connectivity index (χ0) is 21.6. The Morgan fingerprint density at radius 1 is 1.19 bits per heavy atom. The second-order valence-electron chi connectivity index (χ2n) is 9.18. The normalized spacial score (nSPS) is 18.9. The van der Waals surface area contributed by atoms with Gasteiger partial charge in [0.1, 0.15) is 11.3 Å². The summed E-state index contributed by atoms with van der Waals surface area (Å²) in [6, 6.07) is 5.85. The van der Waals surface area contributed by atoms with E-state index in [4.69, 9.17) is 9.47 Å². The second-order valence-corrected chi connectivity index (χ2v) is 10.0. The van der Waals surface area contributed by atoms with Crippen LogP contribution in [-0.2, 0) is 16.7 Å². The molecule has 0 atom stereocenters. The van der Waals surface area contributed by atoms with Crippen molar-refractivity contribution in [3.8, 4) is 17.0 Å². The summed E-state index contributed by atoms with van der Waals surface area (Å²) in [4.78, 5) is 25.3. The van der Waals surface area contributed by atoms with Gasteiger partial charge in [-0.05, 0) is 78.6 Å². The van der Waals surface area contributed by atoms with Crippen LogP contribution in [0.25, 0.3) is 11.3 Å². The molecule has 6 heteroatoms. The molecule has 3 aliphatic rings. The summed E-state index contributed by atoms with van der Waals surface area (Å²) in [7, 11) is 0. The van der Waals surface area contributed by atoms with Crippen molar-refractivity contribution in [3.63, 3.8) is 0 Å². The van der Waals surface area contributed by atoms with Gasteiger partial charge in [-0.3, -0.25) is 4.79 Å². The van der Waals surface area contributed by atoms with E-state index < -0.39 is 5.97 Å². The summed E-state index contributed by atoms with van der Waals surface area (Å²) in [6.07, 6.45) is 10.8. The Morgan fingerprint density at radius 3 is 2.68 bits per heavy atom. The molecule has 0 amide bonds. The Hall–Kier alpha value is -2.08. The molecule has 0 saturated heterocycles. The van der Waals surface area contributed by atoms with E-state index in [0.29, 0.717) is 5.92 Å². The van der Waals surface area contributed by atoms with Gasteiger partial charge in [0.05, 0.1) is 23.4 Å². The lowest BCUT2D eigenvalue weighted by Crippen LogP contribution is -2.42. The Balaban J connectivity index is 1.63. The van der Waals surface area contributed by atoms with Gasteiger partial charge in [-0.25, -0.2) is 4.79 Å². The third kappa shape index (κ3) is 3.84. The number of halogens is 1. The van der Waals surface area contributed by atoms with Crippen LogP contribution in [0.1, 0.15) is 67.8 Å². The molecule has 5 rings (SSSR count). The minimum Gasteiger partial charge on any atom is -0.492 e. The van der Waals surface area contributed by atoms with Crippen molar-refractivity contribution in [1.82, 2.24) is 4.57 Å². The lowest BCUT2D eigenvalue weighted by atomic mass is 9.73. The molecule has 2 heterocycles. The highest BCUT2D eigenvalue weighted by molar-refractivity contribution is 9.10. The van der Waals surface area contributed by atoms with E-state index in [1.807, 2.05) is 0 Å². The van der Waals surface area contributed by atoms with Gasteiger partial charge in [0.15, 0.2) is 5.43 Å². The Bertz CT molecular complexity index is 1080. The van der Waals surface area contributed by atoms with Gasteiger partial charge in [0.2, 0.25) is 0 Å². The average Bonchev–Trinajstić information content (AvgIpc) is 3.58. The third-order valence-corrected chi connectivity index (χ3v) is 7.59. The molecular weight excluding hydrogens is 458 g/mol. The maximum Gasteiger partial charge on any atom is 0.343 e. The maximum atomic E-state index is 12.9. The maximum absolute atomic E-state index is 12.9. The molecule has 0 bridgehead atoms. The summed E-state index contributed by atoms with van der Waals surface area (Å²) < 4.78 is 14.4. The molecule has 5 nitrogen and oxygen atoms in total. The summed E-state index contributed by atoms with van der Waals surface area (Å²) in [5.41, 5.74) is 2.87. The number of hydrogen-bond acceptors (Lipinski definition) is 4. The van der Waals surface area contributed by atoms with E-state index >= 15 is 0 Å². The zero-order valence-corrected chi connectivity index (χ0v) is 19.5. The monoisotopic (exact) mass is 485 g/mol. The zero-order valence-electron chi connectivity index (χ0n) is 17.9. The van der Waals surface area contributed by atoms with Crippen LogP contribution in [0.3, 0.4) is 0 Å². The number of rotatable bonds is 5. The first-order valence-electron chi connectivity index (χ1n) is 11.4. The van der Waals surface area contributed by atoms with Crippen molar-refractivity contribution < 1.29 is 14.3 Å². The van der Waals surface area contributed by atoms with Crippen molar-refractivity contribution in [2.24, 2.45) is 5.92 Å². The van der Waals surface area contributed by atoms with Crippen LogP contribution in [0.5, 0.6) is 5.75 Å². The van der Waals surface area contributed by atoms with Gasteiger partial charge in [-0.2, -0.15) is 0 Å². The van der Waals surface area contributed by atoms with E-state index in [-0.39, 0.29) is 23.1 Å². The van der Waals surface area contributed by atoms with Crippen LogP contribution < -0.4 is 10.2 Å². The predicted octanol–water partition coefficient (Wildman–Crippen LogP) is 5.46. The first kappa shape index (κ1) is 20.8. The molecule has 0 radical (unpaired) electrons. The minimum absolute atomic E-state index is 0.114. The molecule has 1 aliphatic heterocycles. The quantitative estimate of drug-likeness (QED) is 0.527. The fourth-order valence-electron chi connectivity index (χ4n) is 5.15. The third-order valence-electron chi connectivity index (χ3n) is 6.97. The highest BCUT2D eigenvalue weighted by Crippen LogP contribution is 2.47. The number of fused-ring (bicyclic) bond motifs is 4. The number of carbonyl (C=O) groups is 1. The van der Waals surface area contributed by atoms with Crippen molar-refractivity contribution in [2.75, 3.05) is 13.2 Å². The smallest absolute Gasteiger partial charge is 0.343 e. The SMILES string of the molecule is CCOC(=O)c1cn2c(cc1=O)-c1cc(Br)c(OCC3CC3)cc1CC21CCCCC1. The lowest BCUT2D eigenvalue weighted by molar-refractivity contribution is 0.0522. The van der Waals surface area contributed by atoms with E-state index in [1.54, 1.807) is 19.2 Å². The van der Waals surface area contributed by atoms with Crippen LogP contribution in [0, 0.1) is 5.92 Å². The van der Waals surface area contributed by atoms with Crippen LogP contribution in [0.2, 0.25) is 0 Å². The van der Waals surface area contributed by atoms with Crippen LogP contribution in [0.15, 0.2) is 33.7 Å². The molecule has 2 saturated carbocycles. The molecule has 2 fully saturated rings. The van der Waals surface area contributed by atoms with Crippen molar-refractivity contribution in [3.05, 3.63) is 50.2 Å². The number of hydrogen-bond donors (Lipinski definition) is 0. The molecule has 31 heavy (non-hydrogen) atoms. The van der Waals surface area contributed by atoms with Gasteiger partial charge in [-0.15, -0.1) is 0 Å². The molecule has 0 unspecified atom stereocenters. The van der Waals surface area contributed by atoms with E-state index in [0.717, 1.165) is 60.2 Å².